The van der Waals surface area contributed by atoms with Crippen molar-refractivity contribution in [1.82, 2.24) is 5.12 Å². The van der Waals surface area contributed by atoms with Gasteiger partial charge in [-0.2, -0.15) is 13.2 Å². The fraction of sp³-hybridized carbons (Fsp3) is 0.500. The third-order valence-corrected chi connectivity index (χ3v) is 0.828. The average Bonchev–Trinajstić information content (AvgIpc) is 1.83. The third-order valence-electron chi connectivity index (χ3n) is 0.828. The molecule has 0 fully saturated rings. The lowest BCUT2D eigenvalue weighted by Gasteiger charge is -2.19. The van der Waals surface area contributed by atoms with Gasteiger partial charge in [-0.25, -0.2) is 4.39 Å². The predicted octanol–water partition coefficient (Wildman–Crippen LogP) is 3.07. The normalized spacial score (nSPS) is 14.6. The SMILES string of the molecule is F/C=C(\N(F)C(F)(F)F)C(F)(F)F. The van der Waals surface area contributed by atoms with Gasteiger partial charge in [-0.05, 0) is 0 Å². The van der Waals surface area contributed by atoms with E-state index in [1.54, 1.807) is 0 Å². The van der Waals surface area contributed by atoms with Crippen molar-refractivity contribution in [2.75, 3.05) is 0 Å². The molecule has 13 heavy (non-hydrogen) atoms. The predicted molar refractivity (Wildman–Crippen MR) is 24.2 cm³/mol. The van der Waals surface area contributed by atoms with Crippen LogP contribution in [-0.2, 0) is 0 Å². The second-order valence-electron chi connectivity index (χ2n) is 1.74. The highest BCUT2D eigenvalue weighted by molar-refractivity contribution is 5.02. The highest BCUT2D eigenvalue weighted by Crippen LogP contribution is 2.35. The number of allylic oxidation sites excluding steroid dienone is 1. The molecule has 0 radical (unpaired) electrons. The van der Waals surface area contributed by atoms with Crippen LogP contribution < -0.4 is 0 Å². The molecule has 0 amide bonds. The van der Waals surface area contributed by atoms with E-state index < -0.39 is 29.6 Å². The minimum atomic E-state index is -5.92. The Bertz CT molecular complexity index is 199. The molecule has 9 heteroatoms. The molecule has 0 bridgehead atoms. The Balaban J connectivity index is 4.84. The summed E-state index contributed by atoms with van der Waals surface area (Å²) in [7, 11) is 0. The molecule has 0 aromatic rings. The van der Waals surface area contributed by atoms with Gasteiger partial charge in [-0.3, -0.25) is 0 Å². The van der Waals surface area contributed by atoms with E-state index >= 15 is 0 Å². The molecule has 0 rings (SSSR count). The van der Waals surface area contributed by atoms with Gasteiger partial charge in [0, 0.05) is 0 Å². The number of nitrogens with zero attached hydrogens (tertiary/aromatic N) is 1. The zero-order valence-corrected chi connectivity index (χ0v) is 5.55. The Labute approximate surface area is 66.2 Å². The molecule has 0 aliphatic carbocycles. The molecule has 0 saturated carbocycles. The van der Waals surface area contributed by atoms with Crippen LogP contribution in [0.2, 0.25) is 0 Å². The Kier molecular flexibility index (Phi) is 3.12. The molecule has 0 aliphatic heterocycles. The molecule has 78 valence electrons. The lowest BCUT2D eigenvalue weighted by molar-refractivity contribution is -0.314. The molecule has 0 heterocycles. The molecule has 0 aromatic carbocycles. The third kappa shape index (κ3) is 3.07. The van der Waals surface area contributed by atoms with Crippen LogP contribution in [0.4, 0.5) is 35.2 Å². The second-order valence-corrected chi connectivity index (χ2v) is 1.74. The standard InChI is InChI=1S/C4HF8N/c5-1-2(3(6,7)8)13(12)4(9,10)11/h1H/b2-1-. The number of rotatable bonds is 1. The lowest BCUT2D eigenvalue weighted by Crippen LogP contribution is -2.35. The van der Waals surface area contributed by atoms with Crippen LogP contribution >= 0.6 is 0 Å². The maximum absolute atomic E-state index is 11.8. The Morgan fingerprint density at radius 1 is 1.00 bits per heavy atom. The Morgan fingerprint density at radius 3 is 1.46 bits per heavy atom. The first kappa shape index (κ1) is 12.0. The number of halogens is 8. The summed E-state index contributed by atoms with van der Waals surface area (Å²) in [5.41, 5.74) is -3.06. The van der Waals surface area contributed by atoms with Crippen molar-refractivity contribution in [2.45, 2.75) is 12.5 Å². The molecule has 0 spiro atoms. The summed E-state index contributed by atoms with van der Waals surface area (Å²) < 4.78 is 91.0. The van der Waals surface area contributed by atoms with E-state index in [1.165, 1.54) is 0 Å². The maximum Gasteiger partial charge on any atom is 0.512 e. The number of alkyl halides is 6. The van der Waals surface area contributed by atoms with E-state index in [2.05, 4.69) is 0 Å². The highest BCUT2D eigenvalue weighted by Gasteiger charge is 2.50. The summed E-state index contributed by atoms with van der Waals surface area (Å²) in [6, 6.07) is 0. The van der Waals surface area contributed by atoms with Crippen LogP contribution in [0, 0.1) is 0 Å². The van der Waals surface area contributed by atoms with Crippen molar-refractivity contribution in [1.29, 1.82) is 0 Å². The number of hydrogen-bond donors (Lipinski definition) is 0. The Morgan fingerprint density at radius 2 is 1.38 bits per heavy atom. The van der Waals surface area contributed by atoms with Crippen LogP contribution in [-0.4, -0.2) is 17.6 Å². The van der Waals surface area contributed by atoms with Gasteiger partial charge in [0.25, 0.3) is 0 Å². The molecule has 0 atom stereocenters. The van der Waals surface area contributed by atoms with Crippen molar-refractivity contribution < 1.29 is 35.2 Å². The quantitative estimate of drug-likeness (QED) is 0.369. The Hall–Kier alpha value is -1.02. The van der Waals surface area contributed by atoms with E-state index in [0.29, 0.717) is 0 Å². The fourth-order valence-corrected chi connectivity index (χ4v) is 0.353. The summed E-state index contributed by atoms with van der Waals surface area (Å²) >= 11 is 0. The van der Waals surface area contributed by atoms with E-state index in [9.17, 15) is 35.2 Å². The summed E-state index contributed by atoms with van der Waals surface area (Å²) in [6.45, 7) is 0. The van der Waals surface area contributed by atoms with Crippen LogP contribution in [0.5, 0.6) is 0 Å². The molecule has 0 saturated heterocycles. The van der Waals surface area contributed by atoms with Gasteiger partial charge in [0.15, 0.2) is 5.70 Å². The average molecular weight is 215 g/mol. The van der Waals surface area contributed by atoms with Gasteiger partial charge in [0.05, 0.1) is 0 Å². The maximum atomic E-state index is 11.8. The minimum Gasteiger partial charge on any atom is -0.213 e. The van der Waals surface area contributed by atoms with Crippen LogP contribution in [0.25, 0.3) is 0 Å². The first-order valence-electron chi connectivity index (χ1n) is 2.51. The monoisotopic (exact) mass is 215 g/mol. The summed E-state index contributed by atoms with van der Waals surface area (Å²) in [5.74, 6) is 0. The smallest absolute Gasteiger partial charge is 0.213 e. The first-order valence-corrected chi connectivity index (χ1v) is 2.51. The summed E-state index contributed by atoms with van der Waals surface area (Å²) in [5, 5.41) is -2.65. The molecular weight excluding hydrogens is 214 g/mol. The van der Waals surface area contributed by atoms with Gasteiger partial charge in [-0.1, -0.05) is 4.48 Å². The molecule has 0 unspecified atom stereocenters. The van der Waals surface area contributed by atoms with Crippen LogP contribution in [0.15, 0.2) is 12.0 Å². The zero-order valence-electron chi connectivity index (χ0n) is 5.55. The fourth-order valence-electron chi connectivity index (χ4n) is 0.353. The van der Waals surface area contributed by atoms with Crippen molar-refractivity contribution in [3.05, 3.63) is 12.0 Å². The topological polar surface area (TPSA) is 3.24 Å². The molecule has 0 N–H and O–H groups in total. The van der Waals surface area contributed by atoms with Gasteiger partial charge < -0.3 is 0 Å². The molecule has 1 nitrogen and oxygen atoms in total. The van der Waals surface area contributed by atoms with Crippen molar-refractivity contribution in [3.63, 3.8) is 0 Å². The largest absolute Gasteiger partial charge is 0.512 e. The number of hydrogen-bond acceptors (Lipinski definition) is 1. The zero-order chi connectivity index (χ0) is 10.9. The van der Waals surface area contributed by atoms with Crippen molar-refractivity contribution >= 4 is 0 Å². The minimum absolute atomic E-state index is 1.51. The molecule has 0 aliphatic rings. The van der Waals surface area contributed by atoms with Gasteiger partial charge in [0.1, 0.15) is 6.33 Å². The van der Waals surface area contributed by atoms with E-state index in [0.717, 1.165) is 0 Å². The molecule has 0 aromatic heterocycles. The molecular formula is C4HF8N. The van der Waals surface area contributed by atoms with Crippen molar-refractivity contribution in [3.8, 4) is 0 Å². The first-order chi connectivity index (χ1) is 5.60. The van der Waals surface area contributed by atoms with E-state index in [-0.39, 0.29) is 0 Å². The van der Waals surface area contributed by atoms with Crippen LogP contribution in [0.1, 0.15) is 0 Å². The highest BCUT2D eigenvalue weighted by atomic mass is 19.4. The van der Waals surface area contributed by atoms with Gasteiger partial charge in [0.2, 0.25) is 0 Å². The van der Waals surface area contributed by atoms with Crippen molar-refractivity contribution in [2.24, 2.45) is 0 Å². The summed E-state index contributed by atoms with van der Waals surface area (Å²) in [4.78, 5) is 0. The lowest BCUT2D eigenvalue weighted by atomic mass is 10.5. The summed E-state index contributed by atoms with van der Waals surface area (Å²) in [6.07, 6.45) is -13.2. The van der Waals surface area contributed by atoms with E-state index in [1.807, 2.05) is 0 Å². The van der Waals surface area contributed by atoms with Gasteiger partial charge >= 0.3 is 12.5 Å². The second kappa shape index (κ2) is 3.38. The van der Waals surface area contributed by atoms with Gasteiger partial charge in [-0.15, -0.1) is 18.3 Å². The van der Waals surface area contributed by atoms with E-state index in [4.69, 9.17) is 0 Å². The van der Waals surface area contributed by atoms with Crippen LogP contribution in [0.3, 0.4) is 0 Å².